The molecule has 0 aliphatic carbocycles. The Bertz CT molecular complexity index is 481. The molecule has 1 aromatic rings. The molecule has 0 saturated carbocycles. The topological polar surface area (TPSA) is 139 Å². The molecule has 2 amide bonds. The van der Waals surface area contributed by atoms with Crippen molar-refractivity contribution in [3.05, 3.63) is 35.9 Å². The van der Waals surface area contributed by atoms with Crippen LogP contribution in [0, 0.1) is 0 Å². The largest absolute Gasteiger partial charge is 0.394 e. The Balaban J connectivity index is 3.00. The highest BCUT2D eigenvalue weighted by Crippen LogP contribution is 2.14. The van der Waals surface area contributed by atoms with Crippen LogP contribution in [0.15, 0.2) is 30.3 Å². The van der Waals surface area contributed by atoms with Gasteiger partial charge in [-0.1, -0.05) is 30.3 Å². The first kappa shape index (κ1) is 18.1. The first-order valence-electron chi connectivity index (χ1n) is 6.59. The van der Waals surface area contributed by atoms with Gasteiger partial charge in [-0.2, -0.15) is 0 Å². The molecule has 121 valence electrons. The number of nitrogens with one attached hydrogen (secondary N) is 2. The van der Waals surface area contributed by atoms with E-state index < -0.39 is 49.8 Å². The smallest absolute Gasteiger partial charge is 0.250 e. The molecule has 0 aromatic heterocycles. The third kappa shape index (κ3) is 4.50. The number of amides is 2. The van der Waals surface area contributed by atoms with Gasteiger partial charge in [0.05, 0.1) is 19.8 Å². The molecular weight excluding hydrogens is 292 g/mol. The summed E-state index contributed by atoms with van der Waals surface area (Å²) in [7, 11) is 0. The number of hydrogen-bond donors (Lipinski definition) is 5. The van der Waals surface area contributed by atoms with E-state index in [1.165, 1.54) is 0 Å². The summed E-state index contributed by atoms with van der Waals surface area (Å²) in [6.07, 6.45) is 0. The van der Waals surface area contributed by atoms with Gasteiger partial charge in [-0.05, 0) is 5.56 Å². The van der Waals surface area contributed by atoms with E-state index in [0.717, 1.165) is 0 Å². The van der Waals surface area contributed by atoms with E-state index in [9.17, 15) is 30.0 Å². The quantitative estimate of drug-likeness (QED) is 0.382. The zero-order valence-electron chi connectivity index (χ0n) is 11.9. The lowest BCUT2D eigenvalue weighted by Crippen LogP contribution is -2.59. The molecule has 8 nitrogen and oxygen atoms in total. The van der Waals surface area contributed by atoms with Crippen LogP contribution in [0.1, 0.15) is 11.6 Å². The second kappa shape index (κ2) is 8.44. The number of carbonyl (C=O) groups excluding carboxylic acids is 2. The molecule has 1 aromatic carbocycles. The Labute approximate surface area is 127 Å². The van der Waals surface area contributed by atoms with Crippen LogP contribution in [0.5, 0.6) is 0 Å². The van der Waals surface area contributed by atoms with E-state index in [1.54, 1.807) is 30.3 Å². The van der Waals surface area contributed by atoms with Crippen molar-refractivity contribution in [2.75, 3.05) is 26.4 Å². The second-order valence-corrected chi connectivity index (χ2v) is 4.80. The lowest BCUT2D eigenvalue weighted by atomic mass is 10.0. The average molecular weight is 311 g/mol. The van der Waals surface area contributed by atoms with Gasteiger partial charge < -0.3 is 26.0 Å². The summed E-state index contributed by atoms with van der Waals surface area (Å²) in [6, 6.07) is 6.99. The van der Waals surface area contributed by atoms with Crippen molar-refractivity contribution in [3.8, 4) is 0 Å². The van der Waals surface area contributed by atoms with Crippen molar-refractivity contribution in [2.45, 2.75) is 11.6 Å². The zero-order chi connectivity index (χ0) is 16.6. The molecule has 0 unspecified atom stereocenters. The summed E-state index contributed by atoms with van der Waals surface area (Å²) >= 11 is 0. The maximum absolute atomic E-state index is 12.3. The van der Waals surface area contributed by atoms with Crippen LogP contribution in [0.2, 0.25) is 0 Å². The van der Waals surface area contributed by atoms with Gasteiger partial charge >= 0.3 is 0 Å². The fraction of sp³-hybridized carbons (Fsp3) is 0.429. The third-order valence-corrected chi connectivity index (χ3v) is 3.13. The van der Waals surface area contributed by atoms with E-state index in [4.69, 9.17) is 0 Å². The minimum Gasteiger partial charge on any atom is -0.394 e. The first-order valence-corrected chi connectivity index (χ1v) is 6.59. The van der Waals surface area contributed by atoms with Crippen molar-refractivity contribution < 1.29 is 30.0 Å². The maximum atomic E-state index is 12.3. The van der Waals surface area contributed by atoms with Crippen LogP contribution in [0.3, 0.4) is 0 Å². The van der Waals surface area contributed by atoms with Crippen molar-refractivity contribution >= 4 is 11.8 Å². The fourth-order valence-electron chi connectivity index (χ4n) is 1.75. The highest BCUT2D eigenvalue weighted by atomic mass is 16.3. The van der Waals surface area contributed by atoms with Gasteiger partial charge in [0, 0.05) is 0 Å². The lowest BCUT2D eigenvalue weighted by molar-refractivity contribution is -0.133. The highest BCUT2D eigenvalue weighted by molar-refractivity contribution is 5.89. The monoisotopic (exact) mass is 311 g/mol. The Morgan fingerprint density at radius 1 is 1.05 bits per heavy atom. The molecule has 1 atom stereocenters. The SMILES string of the molecule is [O]CC(=O)N[C@@H](C(=O)NC(CO)(CO)CO)c1ccccc1. The molecule has 0 saturated heterocycles. The number of rotatable bonds is 8. The number of hydrogen-bond acceptors (Lipinski definition) is 5. The first-order chi connectivity index (χ1) is 10.5. The summed E-state index contributed by atoms with van der Waals surface area (Å²) < 4.78 is 0. The van der Waals surface area contributed by atoms with E-state index in [2.05, 4.69) is 10.6 Å². The summed E-state index contributed by atoms with van der Waals surface area (Å²) in [5.41, 5.74) is -1.20. The van der Waals surface area contributed by atoms with E-state index in [0.29, 0.717) is 5.56 Å². The predicted octanol–water partition coefficient (Wildman–Crippen LogP) is -1.89. The van der Waals surface area contributed by atoms with Gasteiger partial charge in [0.2, 0.25) is 11.8 Å². The van der Waals surface area contributed by atoms with Crippen molar-refractivity contribution in [1.82, 2.24) is 10.6 Å². The molecule has 8 heteroatoms. The maximum Gasteiger partial charge on any atom is 0.250 e. The Morgan fingerprint density at radius 3 is 2.05 bits per heavy atom. The van der Waals surface area contributed by atoms with Gasteiger partial charge in [0.25, 0.3) is 0 Å². The average Bonchev–Trinajstić information content (AvgIpc) is 2.58. The Kier molecular flexibility index (Phi) is 6.93. The van der Waals surface area contributed by atoms with Crippen LogP contribution in [0.25, 0.3) is 0 Å². The molecule has 0 spiro atoms. The van der Waals surface area contributed by atoms with E-state index in [1.807, 2.05) is 0 Å². The number of benzene rings is 1. The highest BCUT2D eigenvalue weighted by Gasteiger charge is 2.33. The zero-order valence-corrected chi connectivity index (χ0v) is 11.9. The third-order valence-electron chi connectivity index (χ3n) is 3.13. The van der Waals surface area contributed by atoms with Crippen molar-refractivity contribution in [3.63, 3.8) is 0 Å². The summed E-state index contributed by atoms with van der Waals surface area (Å²) in [5, 5.41) is 42.9. The molecule has 1 radical (unpaired) electrons. The lowest BCUT2D eigenvalue weighted by Gasteiger charge is -2.31. The molecule has 1 rings (SSSR count). The van der Waals surface area contributed by atoms with E-state index in [-0.39, 0.29) is 0 Å². The van der Waals surface area contributed by atoms with Crippen molar-refractivity contribution in [2.24, 2.45) is 0 Å². The molecule has 5 N–H and O–H groups in total. The molecule has 0 bridgehead atoms. The van der Waals surface area contributed by atoms with Gasteiger partial charge in [0.15, 0.2) is 6.61 Å². The van der Waals surface area contributed by atoms with Crippen molar-refractivity contribution in [1.29, 1.82) is 0 Å². The number of carbonyl (C=O) groups is 2. The number of aliphatic hydroxyl groups excluding tert-OH is 3. The van der Waals surface area contributed by atoms with Crippen LogP contribution in [0.4, 0.5) is 0 Å². The molecule has 0 aliphatic heterocycles. The normalized spacial score (nSPS) is 12.5. The fourth-order valence-corrected chi connectivity index (χ4v) is 1.75. The second-order valence-electron chi connectivity index (χ2n) is 4.80. The van der Waals surface area contributed by atoms with Crippen LogP contribution >= 0.6 is 0 Å². The van der Waals surface area contributed by atoms with Gasteiger partial charge in [-0.25, -0.2) is 5.11 Å². The Morgan fingerprint density at radius 2 is 1.59 bits per heavy atom. The summed E-state index contributed by atoms with van der Waals surface area (Å²) in [6.45, 7) is -3.12. The molecule has 0 aliphatic rings. The van der Waals surface area contributed by atoms with Gasteiger partial charge in [-0.3, -0.25) is 9.59 Å². The minimum absolute atomic E-state index is 0.421. The predicted molar refractivity (Wildman–Crippen MR) is 75.0 cm³/mol. The van der Waals surface area contributed by atoms with Crippen LogP contribution < -0.4 is 10.6 Å². The van der Waals surface area contributed by atoms with E-state index >= 15 is 0 Å². The molecule has 0 fully saturated rings. The Hall–Kier alpha value is -2.00. The molecule has 22 heavy (non-hydrogen) atoms. The van der Waals surface area contributed by atoms with Crippen LogP contribution in [-0.2, 0) is 14.7 Å². The van der Waals surface area contributed by atoms with Gasteiger partial charge in [-0.15, -0.1) is 0 Å². The standard InChI is InChI=1S/C14H19N2O6/c17-6-11(21)15-12(10-4-2-1-3-5-10)13(22)16-14(7-18,8-19)9-20/h1-5,12,18-20H,6-9H2,(H,15,21)(H,16,22)/t12-/m1/s1. The summed E-state index contributed by atoms with van der Waals surface area (Å²) in [4.78, 5) is 23.6. The molecule has 0 heterocycles. The minimum atomic E-state index is -1.62. The van der Waals surface area contributed by atoms with Crippen LogP contribution in [-0.4, -0.2) is 59.1 Å². The molecular formula is C14H19N2O6. The van der Waals surface area contributed by atoms with Gasteiger partial charge in [0.1, 0.15) is 11.6 Å². The number of aliphatic hydroxyl groups is 3. The summed E-state index contributed by atoms with van der Waals surface area (Å²) in [5.74, 6) is -1.63.